The number of carbonyl (C=O) groups excluding carboxylic acids is 2. The van der Waals surface area contributed by atoms with Crippen molar-refractivity contribution in [3.8, 4) is 0 Å². The SMILES string of the molecule is CON=C(C(=O)NC1C(=O)N2C(OC(=O)O)=C(C=CC(F)(F)F)CS[C@@H]12)c1csc(N)n1. The van der Waals surface area contributed by atoms with Crippen LogP contribution in [0.1, 0.15) is 5.69 Å². The molecule has 0 spiro atoms. The highest BCUT2D eigenvalue weighted by Gasteiger charge is 2.54. The van der Waals surface area contributed by atoms with Gasteiger partial charge in [0.1, 0.15) is 24.2 Å². The lowest BCUT2D eigenvalue weighted by Crippen LogP contribution is -2.70. The number of allylic oxidation sites excluding steroid dienone is 2. The van der Waals surface area contributed by atoms with E-state index in [1.807, 2.05) is 0 Å². The zero-order chi connectivity index (χ0) is 23.6. The second-order valence-corrected chi connectivity index (χ2v) is 8.12. The third kappa shape index (κ3) is 4.96. The minimum atomic E-state index is -4.64. The first-order chi connectivity index (χ1) is 15.0. The number of fused-ring (bicyclic) bond motifs is 1. The van der Waals surface area contributed by atoms with Crippen molar-refractivity contribution in [3.05, 3.63) is 34.7 Å². The van der Waals surface area contributed by atoms with Crippen LogP contribution in [0.5, 0.6) is 0 Å². The van der Waals surface area contributed by atoms with E-state index in [-0.39, 0.29) is 33.9 Å². The number of hydrogen-bond acceptors (Lipinski definition) is 10. The number of nitrogens with one attached hydrogen (secondary N) is 1. The maximum atomic E-state index is 12.7. The number of nitrogens with two attached hydrogens (primary N) is 1. The molecule has 4 N–H and O–H groups in total. The molecule has 16 heteroatoms. The fourth-order valence-corrected chi connectivity index (χ4v) is 4.63. The molecule has 0 saturated carbocycles. The number of β-lactam (4-membered cyclic amide) rings is 1. The number of carboxylic acid groups (broad SMARTS) is 1. The molecule has 1 aromatic heterocycles. The molecule has 32 heavy (non-hydrogen) atoms. The Bertz CT molecular complexity index is 1040. The highest BCUT2D eigenvalue weighted by atomic mass is 32.2. The first kappa shape index (κ1) is 23.4. The van der Waals surface area contributed by atoms with Crippen molar-refractivity contribution in [3.63, 3.8) is 0 Å². The molecule has 2 aliphatic rings. The number of thiazole rings is 1. The van der Waals surface area contributed by atoms with E-state index in [9.17, 15) is 27.6 Å². The average Bonchev–Trinajstić information content (AvgIpc) is 3.13. The standard InChI is InChI=1S/C16H14F3N5O6S2/c1-29-23-8(7-5-32-14(20)21-7)10(25)22-9-11(26)24-12(30-15(27)28)6(4-31-13(9)24)2-3-16(17,18)19/h2-3,5,9,13H,4H2,1H3,(H2,20,21)(H,22,25)(H,27,28)/t9?,13-/m0/s1. The second kappa shape index (κ2) is 9.07. The number of alkyl halides is 3. The van der Waals surface area contributed by atoms with Gasteiger partial charge in [-0.1, -0.05) is 5.16 Å². The molecule has 2 atom stereocenters. The Morgan fingerprint density at radius 1 is 1.47 bits per heavy atom. The molecule has 0 aromatic carbocycles. The molecule has 2 aliphatic heterocycles. The van der Waals surface area contributed by atoms with Crippen molar-refractivity contribution in [1.82, 2.24) is 15.2 Å². The van der Waals surface area contributed by atoms with Crippen molar-refractivity contribution >= 4 is 51.9 Å². The number of anilines is 1. The van der Waals surface area contributed by atoms with Crippen molar-refractivity contribution in [2.45, 2.75) is 17.6 Å². The minimum Gasteiger partial charge on any atom is -0.449 e. The predicted molar refractivity (Wildman–Crippen MR) is 106 cm³/mol. The van der Waals surface area contributed by atoms with Crippen LogP contribution in [0.25, 0.3) is 0 Å². The van der Waals surface area contributed by atoms with Crippen molar-refractivity contribution in [1.29, 1.82) is 0 Å². The maximum Gasteiger partial charge on any atom is 0.512 e. The van der Waals surface area contributed by atoms with Crippen molar-refractivity contribution in [2.75, 3.05) is 18.6 Å². The quantitative estimate of drug-likeness (QED) is 0.231. The number of amides is 2. The Morgan fingerprint density at radius 2 is 2.19 bits per heavy atom. The van der Waals surface area contributed by atoms with E-state index in [1.165, 1.54) is 12.5 Å². The van der Waals surface area contributed by atoms with Gasteiger partial charge in [-0.05, 0) is 6.08 Å². The molecular weight excluding hydrogens is 479 g/mol. The predicted octanol–water partition coefficient (Wildman–Crippen LogP) is 1.50. The minimum absolute atomic E-state index is 0.0923. The van der Waals surface area contributed by atoms with Crippen molar-refractivity contribution in [2.24, 2.45) is 5.16 Å². The van der Waals surface area contributed by atoms with E-state index in [0.29, 0.717) is 6.08 Å². The van der Waals surface area contributed by atoms with Crippen LogP contribution in [0.2, 0.25) is 0 Å². The van der Waals surface area contributed by atoms with Gasteiger partial charge in [0, 0.05) is 22.8 Å². The van der Waals surface area contributed by atoms with Crippen LogP contribution in [0.15, 0.2) is 34.1 Å². The summed E-state index contributed by atoms with van der Waals surface area (Å²) in [4.78, 5) is 45.7. The van der Waals surface area contributed by atoms with E-state index in [0.717, 1.165) is 28.0 Å². The molecule has 0 aliphatic carbocycles. The molecular formula is C16H14F3N5O6S2. The van der Waals surface area contributed by atoms with Crippen LogP contribution in [0, 0.1) is 0 Å². The van der Waals surface area contributed by atoms with Crippen molar-refractivity contribution < 1.29 is 42.2 Å². The molecule has 1 fully saturated rings. The van der Waals surface area contributed by atoms with Gasteiger partial charge in [0.15, 0.2) is 10.8 Å². The van der Waals surface area contributed by atoms with Gasteiger partial charge < -0.3 is 25.7 Å². The Balaban J connectivity index is 1.81. The molecule has 1 aromatic rings. The third-order valence-corrected chi connectivity index (χ3v) is 6.03. The maximum absolute atomic E-state index is 12.7. The largest absolute Gasteiger partial charge is 0.512 e. The van der Waals surface area contributed by atoms with Gasteiger partial charge in [-0.25, -0.2) is 9.78 Å². The molecule has 3 rings (SSSR count). The highest BCUT2D eigenvalue weighted by molar-refractivity contribution is 8.00. The van der Waals surface area contributed by atoms with Crippen LogP contribution < -0.4 is 11.1 Å². The lowest BCUT2D eigenvalue weighted by Gasteiger charge is -2.48. The lowest BCUT2D eigenvalue weighted by atomic mass is 10.1. The van der Waals surface area contributed by atoms with Crippen LogP contribution in [-0.4, -0.2) is 69.1 Å². The third-order valence-electron chi connectivity index (χ3n) is 4.05. The van der Waals surface area contributed by atoms with Gasteiger partial charge in [0.25, 0.3) is 11.8 Å². The number of rotatable bonds is 6. The van der Waals surface area contributed by atoms with Gasteiger partial charge in [0.2, 0.25) is 5.88 Å². The molecule has 11 nitrogen and oxygen atoms in total. The molecule has 3 heterocycles. The molecule has 1 unspecified atom stereocenters. The number of ether oxygens (including phenoxy) is 1. The summed E-state index contributed by atoms with van der Waals surface area (Å²) >= 11 is 2.07. The monoisotopic (exact) mass is 493 g/mol. The Labute approximate surface area is 185 Å². The van der Waals surface area contributed by atoms with Gasteiger partial charge in [-0.15, -0.1) is 23.1 Å². The fourth-order valence-electron chi connectivity index (χ4n) is 2.79. The molecule has 2 amide bonds. The summed E-state index contributed by atoms with van der Waals surface area (Å²) in [5.74, 6) is -2.24. The molecule has 172 valence electrons. The van der Waals surface area contributed by atoms with E-state index in [4.69, 9.17) is 10.8 Å². The number of hydrogen-bond donors (Lipinski definition) is 3. The molecule has 1 saturated heterocycles. The summed E-state index contributed by atoms with van der Waals surface area (Å²) in [5, 5.41) is 15.8. The average molecular weight is 493 g/mol. The van der Waals surface area contributed by atoms with Crippen LogP contribution in [0.4, 0.5) is 23.1 Å². The van der Waals surface area contributed by atoms with Crippen LogP contribution in [0.3, 0.4) is 0 Å². The Morgan fingerprint density at radius 3 is 2.75 bits per heavy atom. The lowest BCUT2D eigenvalue weighted by molar-refractivity contribution is -0.148. The number of thioether (sulfide) groups is 1. The first-order valence-corrected chi connectivity index (χ1v) is 10.4. The number of nitrogen functional groups attached to an aromatic ring is 1. The Kier molecular flexibility index (Phi) is 6.63. The normalized spacial score (nSPS) is 21.3. The van der Waals surface area contributed by atoms with Gasteiger partial charge >= 0.3 is 12.3 Å². The number of oxime groups is 1. The summed E-state index contributed by atoms with van der Waals surface area (Å²) in [7, 11) is 1.20. The number of carbonyl (C=O) groups is 3. The van der Waals surface area contributed by atoms with E-state index < -0.39 is 41.4 Å². The summed E-state index contributed by atoms with van der Waals surface area (Å²) in [6.45, 7) is 0. The zero-order valence-corrected chi connectivity index (χ0v) is 17.6. The highest BCUT2D eigenvalue weighted by Crippen LogP contribution is 2.41. The number of halogens is 3. The fraction of sp³-hybridized carbons (Fsp3) is 0.312. The summed E-state index contributed by atoms with van der Waals surface area (Å²) in [6.07, 6.45) is -5.91. The summed E-state index contributed by atoms with van der Waals surface area (Å²) < 4.78 is 42.1. The molecule has 0 bridgehead atoms. The summed E-state index contributed by atoms with van der Waals surface area (Å²) in [6, 6.07) is -1.12. The number of aromatic nitrogens is 1. The second-order valence-electron chi connectivity index (χ2n) is 6.13. The van der Waals surface area contributed by atoms with E-state index in [1.54, 1.807) is 0 Å². The first-order valence-electron chi connectivity index (χ1n) is 8.49. The van der Waals surface area contributed by atoms with Crippen LogP contribution in [-0.2, 0) is 19.2 Å². The van der Waals surface area contributed by atoms with Gasteiger partial charge in [-0.2, -0.15) is 13.2 Å². The van der Waals surface area contributed by atoms with Crippen LogP contribution >= 0.6 is 23.1 Å². The van der Waals surface area contributed by atoms with Gasteiger partial charge in [0.05, 0.1) is 0 Å². The topological polar surface area (TPSA) is 156 Å². The Hall–Kier alpha value is -3.27. The van der Waals surface area contributed by atoms with E-state index >= 15 is 0 Å². The smallest absolute Gasteiger partial charge is 0.449 e. The summed E-state index contributed by atoms with van der Waals surface area (Å²) in [5.41, 5.74) is 5.26. The zero-order valence-electron chi connectivity index (χ0n) is 16.0. The van der Waals surface area contributed by atoms with Gasteiger partial charge in [-0.3, -0.25) is 14.5 Å². The molecule has 0 radical (unpaired) electrons. The van der Waals surface area contributed by atoms with E-state index in [2.05, 4.69) is 25.0 Å². The number of nitrogens with zero attached hydrogens (tertiary/aromatic N) is 3.